The van der Waals surface area contributed by atoms with Gasteiger partial charge < -0.3 is 29.2 Å². The Morgan fingerprint density at radius 3 is 2.75 bits per heavy atom. The number of aromatic nitrogens is 3. The molecule has 57 heavy (non-hydrogen) atoms. The molecule has 0 spiro atoms. The molecule has 2 aromatic heterocycles. The summed E-state index contributed by atoms with van der Waals surface area (Å²) in [5, 5.41) is 4.92. The number of halogens is 2. The van der Waals surface area contributed by atoms with Gasteiger partial charge in [-0.2, -0.15) is 9.97 Å². The van der Waals surface area contributed by atoms with E-state index in [9.17, 15) is 14.0 Å². The summed E-state index contributed by atoms with van der Waals surface area (Å²) in [5.41, 5.74) is 0.218. The summed E-state index contributed by atoms with van der Waals surface area (Å²) < 4.78 is 56.0. The first-order valence-electron chi connectivity index (χ1n) is 20.2. The summed E-state index contributed by atoms with van der Waals surface area (Å²) in [6.45, 7) is 9.05. The van der Waals surface area contributed by atoms with Crippen molar-refractivity contribution < 1.29 is 37.3 Å². The molecule has 15 heteroatoms. The highest BCUT2D eigenvalue weighted by molar-refractivity contribution is 6.02. The van der Waals surface area contributed by atoms with Crippen molar-refractivity contribution in [2.45, 2.75) is 95.1 Å². The van der Waals surface area contributed by atoms with E-state index in [1.807, 2.05) is 43.9 Å². The molecule has 13 nitrogen and oxygen atoms in total. The van der Waals surface area contributed by atoms with Gasteiger partial charge in [0.1, 0.15) is 35.6 Å². The standard InChI is InChI=1S/C42H49F2N7O6/c1-25-21-54-22-26(2)51(25)40(53)57-30-16-28-9-4-8-27-10-5-15-55-39(52)48-41(3)11-6-13-49(23-41)37-32-19-45-35(31(17-30)33(27)28)34(44)36(32)46-38(47-37)56-24-42-12-7-14-50(42)20-29(43)18-42/h4,8-9,16-17,19,25-26,29H,5-7,10-15,18,20-24H2,1-3H3,(H,48,52)/t25-,26-,29+,41+,42-/m0/s1. The first kappa shape index (κ1) is 37.7. The van der Waals surface area contributed by atoms with Crippen molar-refractivity contribution in [3.05, 3.63) is 47.9 Å². The molecule has 10 rings (SSSR count). The van der Waals surface area contributed by atoms with Crippen LogP contribution in [0, 0.1) is 5.82 Å². The number of nitrogens with one attached hydrogen (secondary N) is 1. The minimum absolute atomic E-state index is 0.0170. The lowest BCUT2D eigenvalue weighted by Crippen LogP contribution is -2.57. The zero-order valence-electron chi connectivity index (χ0n) is 32.7. The monoisotopic (exact) mass is 785 g/mol. The van der Waals surface area contributed by atoms with Gasteiger partial charge in [0.2, 0.25) is 0 Å². The van der Waals surface area contributed by atoms with Gasteiger partial charge in [-0.25, -0.2) is 18.4 Å². The molecule has 0 radical (unpaired) electrons. The zero-order valence-corrected chi connectivity index (χ0v) is 32.7. The quantitative estimate of drug-likeness (QED) is 0.241. The molecule has 2 amide bonds. The van der Waals surface area contributed by atoms with Gasteiger partial charge >= 0.3 is 18.2 Å². The molecule has 4 saturated heterocycles. The average Bonchev–Trinajstić information content (AvgIpc) is 3.70. The van der Waals surface area contributed by atoms with E-state index in [0.29, 0.717) is 75.3 Å². The number of benzene rings is 2. The van der Waals surface area contributed by atoms with E-state index in [2.05, 4.69) is 10.2 Å². The smallest absolute Gasteiger partial charge is 0.415 e. The third kappa shape index (κ3) is 7.06. The number of hydrogen-bond acceptors (Lipinski definition) is 11. The fourth-order valence-corrected chi connectivity index (χ4v) is 9.84. The summed E-state index contributed by atoms with van der Waals surface area (Å²) in [4.78, 5) is 47.0. The first-order chi connectivity index (χ1) is 27.5. The molecule has 6 aliphatic heterocycles. The predicted molar refractivity (Wildman–Crippen MR) is 209 cm³/mol. The molecule has 6 aliphatic rings. The Morgan fingerprint density at radius 1 is 1.09 bits per heavy atom. The molecule has 8 heterocycles. The highest BCUT2D eigenvalue weighted by Crippen LogP contribution is 2.42. The summed E-state index contributed by atoms with van der Waals surface area (Å²) in [6.07, 6.45) is 4.18. The van der Waals surface area contributed by atoms with Gasteiger partial charge in [-0.15, -0.1) is 0 Å². The van der Waals surface area contributed by atoms with Crippen molar-refractivity contribution in [3.8, 4) is 23.0 Å². The number of nitrogens with zero attached hydrogens (tertiary/aromatic N) is 6. The van der Waals surface area contributed by atoms with E-state index in [0.717, 1.165) is 42.1 Å². The van der Waals surface area contributed by atoms with Crippen molar-refractivity contribution in [2.75, 3.05) is 57.5 Å². The van der Waals surface area contributed by atoms with E-state index in [1.54, 1.807) is 23.2 Å². The third-order valence-electron chi connectivity index (χ3n) is 12.5. The highest BCUT2D eigenvalue weighted by Gasteiger charge is 2.49. The van der Waals surface area contributed by atoms with Gasteiger partial charge in [-0.05, 0) is 94.3 Å². The Labute approximate surface area is 330 Å². The molecule has 0 aliphatic carbocycles. The maximum absolute atomic E-state index is 17.6. The Hall–Kier alpha value is -4.89. The van der Waals surface area contributed by atoms with Gasteiger partial charge in [-0.3, -0.25) is 14.8 Å². The van der Waals surface area contributed by atoms with E-state index < -0.39 is 35.3 Å². The molecular formula is C42H49F2N7O6. The number of alkyl halides is 1. The van der Waals surface area contributed by atoms with Gasteiger partial charge in [0.15, 0.2) is 5.82 Å². The Morgan fingerprint density at radius 2 is 1.91 bits per heavy atom. The number of anilines is 1. The number of alkyl carbamates (subject to hydrolysis) is 1. The van der Waals surface area contributed by atoms with Crippen molar-refractivity contribution in [1.29, 1.82) is 0 Å². The number of pyridine rings is 1. The number of fused-ring (bicyclic) bond motifs is 7. The number of morpholine rings is 1. The van der Waals surface area contributed by atoms with Crippen molar-refractivity contribution in [2.24, 2.45) is 0 Å². The predicted octanol–water partition coefficient (Wildman–Crippen LogP) is 6.58. The van der Waals surface area contributed by atoms with Crippen LogP contribution in [0.25, 0.3) is 32.9 Å². The molecule has 6 bridgehead atoms. The molecule has 0 unspecified atom stereocenters. The fourth-order valence-electron chi connectivity index (χ4n) is 9.84. The number of rotatable bonds is 4. The van der Waals surface area contributed by atoms with E-state index in [1.165, 1.54) is 0 Å². The maximum Gasteiger partial charge on any atom is 0.415 e. The Bertz CT molecular complexity index is 2220. The van der Waals surface area contributed by atoms with Crippen LogP contribution in [0.15, 0.2) is 36.5 Å². The third-order valence-corrected chi connectivity index (χ3v) is 12.5. The maximum atomic E-state index is 17.6. The van der Waals surface area contributed by atoms with Crippen LogP contribution in [0.5, 0.6) is 11.8 Å². The Kier molecular flexibility index (Phi) is 9.78. The van der Waals surface area contributed by atoms with E-state index in [4.69, 9.17) is 33.9 Å². The molecule has 302 valence electrons. The normalized spacial score (nSPS) is 28.0. The second-order valence-electron chi connectivity index (χ2n) is 16.8. The molecule has 1 N–H and O–H groups in total. The number of hydrogen-bond donors (Lipinski definition) is 1. The minimum atomic E-state index is -0.940. The van der Waals surface area contributed by atoms with Gasteiger partial charge in [-0.1, -0.05) is 18.2 Å². The number of amides is 2. The van der Waals surface area contributed by atoms with Gasteiger partial charge in [0, 0.05) is 37.8 Å². The molecule has 4 aromatic rings. The first-order valence-corrected chi connectivity index (χ1v) is 20.2. The second kappa shape index (κ2) is 14.8. The highest BCUT2D eigenvalue weighted by atomic mass is 19.1. The second-order valence-corrected chi connectivity index (χ2v) is 16.8. The summed E-state index contributed by atoms with van der Waals surface area (Å²) >= 11 is 0. The van der Waals surface area contributed by atoms with Crippen LogP contribution in [-0.2, 0) is 15.9 Å². The van der Waals surface area contributed by atoms with Crippen LogP contribution in [0.3, 0.4) is 0 Å². The number of piperidine rings is 1. The van der Waals surface area contributed by atoms with Crippen molar-refractivity contribution in [3.63, 3.8) is 0 Å². The fraction of sp³-hybridized carbons (Fsp3) is 0.548. The SMILES string of the molecule is C[C@H]1COC[C@H](C)N1C(=O)Oc1cc2c3c(cccc3c1)CCCOC(=O)N[C@]1(C)CCCN(C1)c1nc(OC[C@@]34CCCN3C[C@H](F)C4)nc3c(F)c-2ncc13. The van der Waals surface area contributed by atoms with Crippen molar-refractivity contribution in [1.82, 2.24) is 30.1 Å². The van der Waals surface area contributed by atoms with Crippen LogP contribution in [0.1, 0.15) is 64.9 Å². The summed E-state index contributed by atoms with van der Waals surface area (Å²) in [5.74, 6) is -0.0150. The van der Waals surface area contributed by atoms with Gasteiger partial charge in [0.05, 0.1) is 48.4 Å². The summed E-state index contributed by atoms with van der Waals surface area (Å²) in [6, 6.07) is 8.78. The molecule has 2 aromatic carbocycles. The average molecular weight is 786 g/mol. The molecule has 0 saturated carbocycles. The van der Waals surface area contributed by atoms with Crippen LogP contribution in [0.4, 0.5) is 24.2 Å². The molecular weight excluding hydrogens is 737 g/mol. The topological polar surface area (TPSA) is 131 Å². The minimum Gasteiger partial charge on any atom is -0.461 e. The van der Waals surface area contributed by atoms with E-state index >= 15 is 4.39 Å². The number of carbonyl (C=O) groups excluding carboxylic acids is 2. The largest absolute Gasteiger partial charge is 0.461 e. The number of carbonyl (C=O) groups is 2. The number of aryl methyl sites for hydroxylation is 1. The van der Waals surface area contributed by atoms with Crippen LogP contribution in [0.2, 0.25) is 0 Å². The molecule has 5 atom stereocenters. The molecule has 4 fully saturated rings. The summed E-state index contributed by atoms with van der Waals surface area (Å²) in [7, 11) is 0. The van der Waals surface area contributed by atoms with Crippen LogP contribution in [-0.4, -0.2) is 119 Å². The lowest BCUT2D eigenvalue weighted by molar-refractivity contribution is -0.0237. The van der Waals surface area contributed by atoms with Crippen LogP contribution >= 0.6 is 0 Å². The van der Waals surface area contributed by atoms with E-state index in [-0.39, 0.29) is 48.3 Å². The number of ether oxygens (including phenoxy) is 4. The van der Waals surface area contributed by atoms with Crippen LogP contribution < -0.4 is 19.7 Å². The van der Waals surface area contributed by atoms with Gasteiger partial charge in [0.25, 0.3) is 0 Å². The zero-order chi connectivity index (χ0) is 39.5. The lowest BCUT2D eigenvalue weighted by Gasteiger charge is -2.41. The Balaban J connectivity index is 1.19. The van der Waals surface area contributed by atoms with Crippen molar-refractivity contribution >= 4 is 39.7 Å². The lowest BCUT2D eigenvalue weighted by atomic mass is 9.91.